The van der Waals surface area contributed by atoms with Crippen molar-refractivity contribution in [3.8, 4) is 0 Å². The third kappa shape index (κ3) is 5.16. The first-order valence-corrected chi connectivity index (χ1v) is 7.10. The lowest BCUT2D eigenvalue weighted by atomic mass is 9.91. The van der Waals surface area contributed by atoms with Crippen LogP contribution in [0.25, 0.3) is 0 Å². The van der Waals surface area contributed by atoms with Crippen LogP contribution in [0, 0.1) is 5.92 Å². The van der Waals surface area contributed by atoms with Crippen LogP contribution in [-0.2, 0) is 0 Å². The number of nitrogens with one attached hydrogen (secondary N) is 1. The van der Waals surface area contributed by atoms with Gasteiger partial charge in [-0.25, -0.2) is 0 Å². The van der Waals surface area contributed by atoms with Gasteiger partial charge in [-0.1, -0.05) is 38.3 Å². The fourth-order valence-corrected chi connectivity index (χ4v) is 2.55. The molecule has 1 N–H and O–H groups in total. The zero-order valence-electron chi connectivity index (χ0n) is 11.4. The highest BCUT2D eigenvalue weighted by molar-refractivity contribution is 5.11. The highest BCUT2D eigenvalue weighted by Gasteiger charge is 2.13. The molecule has 1 aliphatic carbocycles. The van der Waals surface area contributed by atoms with Gasteiger partial charge >= 0.3 is 0 Å². The number of hydrogen-bond acceptors (Lipinski definition) is 1. The Bertz CT molecular complexity index is 205. The molecule has 0 bridgehead atoms. The van der Waals surface area contributed by atoms with Crippen molar-refractivity contribution in [2.45, 2.75) is 71.3 Å². The molecule has 1 unspecified atom stereocenters. The van der Waals surface area contributed by atoms with Crippen LogP contribution in [0.15, 0.2) is 11.6 Å². The summed E-state index contributed by atoms with van der Waals surface area (Å²) in [5.41, 5.74) is 1.68. The van der Waals surface area contributed by atoms with Crippen molar-refractivity contribution >= 4 is 0 Å². The minimum absolute atomic E-state index is 0.639. The van der Waals surface area contributed by atoms with Crippen LogP contribution in [0.5, 0.6) is 0 Å². The number of allylic oxidation sites excluding steroid dienone is 1. The van der Waals surface area contributed by atoms with Crippen molar-refractivity contribution in [3.05, 3.63) is 11.6 Å². The maximum Gasteiger partial charge on any atom is 0.0276 e. The van der Waals surface area contributed by atoms with E-state index in [9.17, 15) is 0 Å². The monoisotopic (exact) mass is 223 g/mol. The number of likely N-dealkylation sites (N-methyl/N-ethyl adjacent to an activating group) is 1. The van der Waals surface area contributed by atoms with Crippen LogP contribution in [0.1, 0.15) is 65.2 Å². The lowest BCUT2D eigenvalue weighted by Gasteiger charge is -2.22. The molecule has 0 amide bonds. The minimum Gasteiger partial charge on any atom is -0.313 e. The third-order valence-electron chi connectivity index (χ3n) is 3.65. The lowest BCUT2D eigenvalue weighted by molar-refractivity contribution is 0.471. The van der Waals surface area contributed by atoms with Gasteiger partial charge in [0.15, 0.2) is 0 Å². The average molecular weight is 223 g/mol. The van der Waals surface area contributed by atoms with Crippen LogP contribution in [-0.4, -0.2) is 13.1 Å². The summed E-state index contributed by atoms with van der Waals surface area (Å²) in [7, 11) is 2.12. The predicted octanol–water partition coefficient (Wildman–Crippen LogP) is 4.29. The molecule has 1 aliphatic rings. The summed E-state index contributed by atoms with van der Waals surface area (Å²) in [5.74, 6) is 0.824. The molecule has 0 fully saturated rings. The Morgan fingerprint density at radius 3 is 2.56 bits per heavy atom. The quantitative estimate of drug-likeness (QED) is 0.686. The Kier molecular flexibility index (Phi) is 6.79. The second kappa shape index (κ2) is 7.89. The number of rotatable bonds is 5. The topological polar surface area (TPSA) is 12.0 Å². The zero-order chi connectivity index (χ0) is 11.8. The fraction of sp³-hybridized carbons (Fsp3) is 0.867. The van der Waals surface area contributed by atoms with Gasteiger partial charge in [0.2, 0.25) is 0 Å². The standard InChI is InChI=1S/C15H29N/c1-13(2)11-12-15(16-3)14-9-7-5-4-6-8-10-14/h9,13,15-16H,4-8,10-12H2,1-3H3. The summed E-state index contributed by atoms with van der Waals surface area (Å²) in [6.07, 6.45) is 13.4. The number of hydrogen-bond donors (Lipinski definition) is 1. The van der Waals surface area contributed by atoms with E-state index in [0.29, 0.717) is 6.04 Å². The van der Waals surface area contributed by atoms with E-state index < -0.39 is 0 Å². The summed E-state index contributed by atoms with van der Waals surface area (Å²) >= 11 is 0. The van der Waals surface area contributed by atoms with E-state index in [1.165, 1.54) is 51.4 Å². The zero-order valence-corrected chi connectivity index (χ0v) is 11.4. The normalized spacial score (nSPS) is 20.1. The highest BCUT2D eigenvalue weighted by atomic mass is 14.9. The summed E-state index contributed by atoms with van der Waals surface area (Å²) in [6.45, 7) is 4.64. The van der Waals surface area contributed by atoms with Gasteiger partial charge in [0.05, 0.1) is 0 Å². The van der Waals surface area contributed by atoms with Crippen molar-refractivity contribution in [1.29, 1.82) is 0 Å². The van der Waals surface area contributed by atoms with E-state index in [2.05, 4.69) is 32.3 Å². The molecular weight excluding hydrogens is 194 g/mol. The molecule has 16 heavy (non-hydrogen) atoms. The molecular formula is C15H29N. The summed E-state index contributed by atoms with van der Waals surface area (Å²) in [6, 6.07) is 0.639. The lowest BCUT2D eigenvalue weighted by Crippen LogP contribution is -2.28. The van der Waals surface area contributed by atoms with E-state index in [1.807, 2.05) is 0 Å². The van der Waals surface area contributed by atoms with Gasteiger partial charge in [-0.2, -0.15) is 0 Å². The molecule has 1 heteroatoms. The first-order valence-electron chi connectivity index (χ1n) is 7.10. The van der Waals surface area contributed by atoms with Gasteiger partial charge in [0, 0.05) is 6.04 Å². The molecule has 0 aromatic carbocycles. The van der Waals surface area contributed by atoms with Crippen LogP contribution in [0.4, 0.5) is 0 Å². The molecule has 1 rings (SSSR count). The van der Waals surface area contributed by atoms with Gasteiger partial charge in [0.1, 0.15) is 0 Å². The van der Waals surface area contributed by atoms with E-state index in [0.717, 1.165) is 5.92 Å². The molecule has 94 valence electrons. The van der Waals surface area contributed by atoms with Gasteiger partial charge in [0.25, 0.3) is 0 Å². The predicted molar refractivity (Wildman–Crippen MR) is 72.7 cm³/mol. The molecule has 0 saturated heterocycles. The third-order valence-corrected chi connectivity index (χ3v) is 3.65. The van der Waals surface area contributed by atoms with Crippen molar-refractivity contribution < 1.29 is 0 Å². The van der Waals surface area contributed by atoms with Gasteiger partial charge < -0.3 is 5.32 Å². The van der Waals surface area contributed by atoms with Crippen LogP contribution in [0.3, 0.4) is 0 Å². The summed E-state index contributed by atoms with van der Waals surface area (Å²) < 4.78 is 0. The van der Waals surface area contributed by atoms with Gasteiger partial charge in [-0.15, -0.1) is 0 Å². The van der Waals surface area contributed by atoms with Gasteiger partial charge in [-0.3, -0.25) is 0 Å². The van der Waals surface area contributed by atoms with Crippen LogP contribution >= 0.6 is 0 Å². The second-order valence-corrected chi connectivity index (χ2v) is 5.54. The average Bonchev–Trinajstić information content (AvgIpc) is 2.20. The Labute approximate surface area is 102 Å². The first-order chi connectivity index (χ1) is 7.74. The Morgan fingerprint density at radius 2 is 1.88 bits per heavy atom. The maximum atomic E-state index is 3.51. The van der Waals surface area contributed by atoms with Crippen molar-refractivity contribution in [2.24, 2.45) is 5.92 Å². The Hall–Kier alpha value is -0.300. The molecule has 0 saturated carbocycles. The van der Waals surface area contributed by atoms with Crippen molar-refractivity contribution in [2.75, 3.05) is 7.05 Å². The van der Waals surface area contributed by atoms with Crippen LogP contribution in [0.2, 0.25) is 0 Å². The van der Waals surface area contributed by atoms with Gasteiger partial charge in [-0.05, 0) is 51.5 Å². The molecule has 0 radical (unpaired) electrons. The smallest absolute Gasteiger partial charge is 0.0276 e. The molecule has 0 spiro atoms. The van der Waals surface area contributed by atoms with Crippen LogP contribution < -0.4 is 5.32 Å². The molecule has 0 aromatic rings. The molecule has 1 atom stereocenters. The molecule has 0 aromatic heterocycles. The second-order valence-electron chi connectivity index (χ2n) is 5.54. The Balaban J connectivity index is 2.47. The fourth-order valence-electron chi connectivity index (χ4n) is 2.55. The summed E-state index contributed by atoms with van der Waals surface area (Å²) in [4.78, 5) is 0. The molecule has 0 aliphatic heterocycles. The largest absolute Gasteiger partial charge is 0.313 e. The van der Waals surface area contributed by atoms with E-state index in [-0.39, 0.29) is 0 Å². The van der Waals surface area contributed by atoms with E-state index in [4.69, 9.17) is 0 Å². The van der Waals surface area contributed by atoms with E-state index in [1.54, 1.807) is 5.57 Å². The minimum atomic E-state index is 0.639. The molecule has 1 nitrogen and oxygen atoms in total. The highest BCUT2D eigenvalue weighted by Crippen LogP contribution is 2.22. The van der Waals surface area contributed by atoms with E-state index >= 15 is 0 Å². The molecule has 0 heterocycles. The summed E-state index contributed by atoms with van der Waals surface area (Å²) in [5, 5.41) is 3.51. The maximum absolute atomic E-state index is 3.51. The Morgan fingerprint density at radius 1 is 1.12 bits per heavy atom. The SMILES string of the molecule is CNC(CCC(C)C)C1=CCCCCCC1. The first kappa shape index (κ1) is 13.8. The van der Waals surface area contributed by atoms with Crippen molar-refractivity contribution in [3.63, 3.8) is 0 Å². The van der Waals surface area contributed by atoms with Crippen molar-refractivity contribution in [1.82, 2.24) is 5.32 Å².